The van der Waals surface area contributed by atoms with Crippen LogP contribution >= 0.6 is 11.6 Å². The molecule has 2 heterocycles. The van der Waals surface area contributed by atoms with Gasteiger partial charge in [-0.2, -0.15) is 5.26 Å². The van der Waals surface area contributed by atoms with Gasteiger partial charge in [0.05, 0.1) is 33.4 Å². The van der Waals surface area contributed by atoms with E-state index in [1.807, 2.05) is 24.9 Å². The van der Waals surface area contributed by atoms with Crippen LogP contribution in [-0.4, -0.2) is 52.0 Å². The quantitative estimate of drug-likeness (QED) is 0.466. The molecular formula is C28H29ClN6O4. The largest absolute Gasteiger partial charge is 0.347 e. The zero-order chi connectivity index (χ0) is 27.8. The summed E-state index contributed by atoms with van der Waals surface area (Å²) in [6, 6.07) is 10.9. The third-order valence-corrected chi connectivity index (χ3v) is 7.77. The molecule has 3 aromatic rings. The number of nitrogens with zero attached hydrogens (tertiary/aromatic N) is 4. The van der Waals surface area contributed by atoms with Gasteiger partial charge in [0, 0.05) is 37.4 Å². The number of nitrogens with one attached hydrogen (secondary N) is 2. The number of aryl methyl sites for hydroxylation is 1. The van der Waals surface area contributed by atoms with Gasteiger partial charge >= 0.3 is 5.69 Å². The molecule has 2 fully saturated rings. The predicted octanol–water partition coefficient (Wildman–Crippen LogP) is 2.42. The molecule has 202 valence electrons. The number of fused-ring (bicyclic) bond motifs is 1. The van der Waals surface area contributed by atoms with Crippen LogP contribution in [0.2, 0.25) is 5.02 Å². The van der Waals surface area contributed by atoms with E-state index >= 15 is 0 Å². The molecule has 39 heavy (non-hydrogen) atoms. The third-order valence-electron chi connectivity index (χ3n) is 7.45. The predicted molar refractivity (Wildman–Crippen MR) is 148 cm³/mol. The molecular weight excluding hydrogens is 520 g/mol. The van der Waals surface area contributed by atoms with Gasteiger partial charge < -0.3 is 15.5 Å². The first kappa shape index (κ1) is 26.7. The van der Waals surface area contributed by atoms with Gasteiger partial charge in [0.25, 0.3) is 11.5 Å². The maximum atomic E-state index is 13.4. The van der Waals surface area contributed by atoms with E-state index in [9.17, 15) is 19.2 Å². The van der Waals surface area contributed by atoms with Crippen LogP contribution in [0.1, 0.15) is 35.7 Å². The second-order valence-corrected chi connectivity index (χ2v) is 10.7. The number of benzene rings is 2. The van der Waals surface area contributed by atoms with Gasteiger partial charge in [0.1, 0.15) is 6.07 Å². The number of hydrogen-bond acceptors (Lipinski definition) is 6. The van der Waals surface area contributed by atoms with Gasteiger partial charge in [-0.05, 0) is 69.1 Å². The highest BCUT2D eigenvalue weighted by Gasteiger charge is 2.37. The highest BCUT2D eigenvalue weighted by Crippen LogP contribution is 2.30. The molecule has 11 heteroatoms. The maximum absolute atomic E-state index is 13.4. The first-order chi connectivity index (χ1) is 18.7. The van der Waals surface area contributed by atoms with E-state index in [0.29, 0.717) is 54.3 Å². The molecule has 1 saturated heterocycles. The highest BCUT2D eigenvalue weighted by molar-refractivity contribution is 6.32. The van der Waals surface area contributed by atoms with Crippen molar-refractivity contribution in [3.63, 3.8) is 0 Å². The minimum atomic E-state index is -0.542. The molecule has 2 atom stereocenters. The zero-order valence-electron chi connectivity index (χ0n) is 21.7. The maximum Gasteiger partial charge on any atom is 0.331 e. The van der Waals surface area contributed by atoms with Crippen LogP contribution in [0.3, 0.4) is 0 Å². The Hall–Kier alpha value is -3.94. The number of nitriles is 1. The number of carbonyl (C=O) groups is 2. The molecule has 2 amide bonds. The lowest BCUT2D eigenvalue weighted by Crippen LogP contribution is -2.44. The normalized spacial score (nSPS) is 19.1. The van der Waals surface area contributed by atoms with Crippen LogP contribution in [0.4, 0.5) is 5.69 Å². The van der Waals surface area contributed by atoms with Gasteiger partial charge in [-0.25, -0.2) is 4.79 Å². The Labute approximate surface area is 229 Å². The summed E-state index contributed by atoms with van der Waals surface area (Å²) < 4.78 is 2.89. The molecule has 1 saturated carbocycles. The van der Waals surface area contributed by atoms with Crippen molar-refractivity contribution in [3.8, 4) is 6.07 Å². The van der Waals surface area contributed by atoms with Gasteiger partial charge in [-0.1, -0.05) is 11.6 Å². The van der Waals surface area contributed by atoms with E-state index in [1.54, 1.807) is 22.8 Å². The fourth-order valence-electron chi connectivity index (χ4n) is 5.17. The van der Waals surface area contributed by atoms with Crippen LogP contribution in [0.5, 0.6) is 0 Å². The van der Waals surface area contributed by atoms with Crippen LogP contribution < -0.4 is 21.9 Å². The lowest BCUT2D eigenvalue weighted by molar-refractivity contribution is -0.119. The molecule has 2 aliphatic rings. The molecule has 0 radical (unpaired) electrons. The molecule has 0 bridgehead atoms. The van der Waals surface area contributed by atoms with Crippen molar-refractivity contribution in [2.45, 2.75) is 38.9 Å². The van der Waals surface area contributed by atoms with Crippen molar-refractivity contribution >= 4 is 40.0 Å². The molecule has 0 unspecified atom stereocenters. The van der Waals surface area contributed by atoms with Crippen molar-refractivity contribution in [3.05, 3.63) is 73.4 Å². The Morgan fingerprint density at radius 1 is 1.10 bits per heavy atom. The number of halogens is 1. The lowest BCUT2D eigenvalue weighted by Gasteiger charge is -2.20. The number of carbonyl (C=O) groups excluding carboxylic acids is 2. The molecule has 5 rings (SSSR count). The van der Waals surface area contributed by atoms with Gasteiger partial charge in [0.15, 0.2) is 0 Å². The van der Waals surface area contributed by atoms with E-state index in [-0.39, 0.29) is 33.6 Å². The Morgan fingerprint density at radius 2 is 1.87 bits per heavy atom. The second kappa shape index (κ2) is 10.7. The summed E-state index contributed by atoms with van der Waals surface area (Å²) in [5, 5.41) is 15.5. The van der Waals surface area contributed by atoms with Crippen LogP contribution in [-0.2, 0) is 17.9 Å². The number of likely N-dealkylation sites (N-methyl/N-ethyl adjacent to an activating group) is 1. The molecule has 1 aromatic heterocycles. The number of anilines is 1. The lowest BCUT2D eigenvalue weighted by atomic mass is 10.0. The summed E-state index contributed by atoms with van der Waals surface area (Å²) in [5.74, 6) is -0.865. The average molecular weight is 549 g/mol. The fraction of sp³-hybridized carbons (Fsp3) is 0.393. The minimum absolute atomic E-state index is 0.184. The van der Waals surface area contributed by atoms with Crippen molar-refractivity contribution in [2.75, 3.05) is 25.5 Å². The smallest absolute Gasteiger partial charge is 0.331 e. The standard InChI is InChI=1S/C28H29ClN6O4/c1-3-34-24-9-8-19(11-20(24)27(38)35(28(34)39)13-16-4-5-16)31-26(37)21-14-33(2)15-23(21)32-25(36)17-6-7-18(12-30)22(29)10-17/h6-11,16,21,23H,3-5,13-15H2,1-2H3,(H,31,37)(H,32,36)/t21-,23-/m0/s1. The first-order valence-electron chi connectivity index (χ1n) is 13.0. The topological polar surface area (TPSA) is 129 Å². The van der Waals surface area contributed by atoms with E-state index < -0.39 is 12.0 Å². The molecule has 0 spiro atoms. The Morgan fingerprint density at radius 3 is 2.54 bits per heavy atom. The van der Waals surface area contributed by atoms with Crippen LogP contribution in [0.25, 0.3) is 10.9 Å². The molecule has 1 aliphatic heterocycles. The minimum Gasteiger partial charge on any atom is -0.347 e. The Kier molecular flexibility index (Phi) is 7.30. The van der Waals surface area contributed by atoms with E-state index in [2.05, 4.69) is 10.6 Å². The second-order valence-electron chi connectivity index (χ2n) is 10.3. The summed E-state index contributed by atoms with van der Waals surface area (Å²) in [6.45, 7) is 3.60. The number of hydrogen-bond donors (Lipinski definition) is 2. The van der Waals surface area contributed by atoms with Crippen molar-refractivity contribution in [1.82, 2.24) is 19.4 Å². The fourth-order valence-corrected chi connectivity index (χ4v) is 5.40. The van der Waals surface area contributed by atoms with Gasteiger partial charge in [-0.3, -0.25) is 23.5 Å². The Balaban J connectivity index is 1.37. The van der Waals surface area contributed by atoms with Crippen molar-refractivity contribution < 1.29 is 9.59 Å². The van der Waals surface area contributed by atoms with Crippen molar-refractivity contribution in [2.24, 2.45) is 11.8 Å². The third kappa shape index (κ3) is 5.33. The van der Waals surface area contributed by atoms with Crippen LogP contribution in [0, 0.1) is 23.2 Å². The van der Waals surface area contributed by atoms with E-state index in [1.165, 1.54) is 22.8 Å². The van der Waals surface area contributed by atoms with E-state index in [4.69, 9.17) is 16.9 Å². The van der Waals surface area contributed by atoms with Gasteiger partial charge in [0.2, 0.25) is 5.91 Å². The summed E-state index contributed by atoms with van der Waals surface area (Å²) >= 11 is 6.08. The molecule has 2 N–H and O–H groups in total. The molecule has 10 nitrogen and oxygen atoms in total. The zero-order valence-corrected chi connectivity index (χ0v) is 22.5. The first-order valence-corrected chi connectivity index (χ1v) is 13.3. The molecule has 1 aliphatic carbocycles. The summed E-state index contributed by atoms with van der Waals surface area (Å²) in [6.07, 6.45) is 2.02. The SMILES string of the molecule is CCn1c(=O)n(CC2CC2)c(=O)c2cc(NC(=O)[C@H]3CN(C)C[C@@H]3NC(=O)c3ccc(C#N)c(Cl)c3)ccc21. The Bertz CT molecular complexity index is 1630. The number of amides is 2. The van der Waals surface area contributed by atoms with Crippen molar-refractivity contribution in [1.29, 1.82) is 5.26 Å². The summed E-state index contributed by atoms with van der Waals surface area (Å²) in [4.78, 5) is 54.4. The summed E-state index contributed by atoms with van der Waals surface area (Å²) in [7, 11) is 1.87. The monoisotopic (exact) mass is 548 g/mol. The van der Waals surface area contributed by atoms with E-state index in [0.717, 1.165) is 12.8 Å². The number of rotatable bonds is 7. The van der Waals surface area contributed by atoms with Gasteiger partial charge in [-0.15, -0.1) is 0 Å². The average Bonchev–Trinajstić information content (AvgIpc) is 3.66. The molecule has 2 aromatic carbocycles. The number of likely N-dealkylation sites (tertiary alicyclic amines) is 1. The summed E-state index contributed by atoms with van der Waals surface area (Å²) in [5.41, 5.74) is 0.888. The number of aromatic nitrogens is 2. The van der Waals surface area contributed by atoms with Crippen LogP contribution in [0.15, 0.2) is 46.0 Å². The highest BCUT2D eigenvalue weighted by atomic mass is 35.5.